The van der Waals surface area contributed by atoms with E-state index in [-0.39, 0.29) is 6.61 Å². The number of aryl methyl sites for hydroxylation is 2. The zero-order valence-corrected chi connectivity index (χ0v) is 9.07. The first-order valence-electron chi connectivity index (χ1n) is 5.07. The van der Waals surface area contributed by atoms with Crippen LogP contribution in [0.15, 0.2) is 36.4 Å². The first-order valence-corrected chi connectivity index (χ1v) is 5.07. The summed E-state index contributed by atoms with van der Waals surface area (Å²) in [6.07, 6.45) is 0. The van der Waals surface area contributed by atoms with Crippen molar-refractivity contribution in [2.45, 2.75) is 20.5 Å². The molecule has 0 bridgehead atoms. The molecule has 0 saturated carbocycles. The number of benzene rings is 1. The van der Waals surface area contributed by atoms with Crippen molar-refractivity contribution in [1.82, 2.24) is 4.57 Å². The van der Waals surface area contributed by atoms with E-state index in [1.165, 1.54) is 11.4 Å². The average molecular weight is 201 g/mol. The minimum atomic E-state index is 0.0905. The SMILES string of the molecule is Cc1ccc(C)n1-c1cccc(CO)c1. The van der Waals surface area contributed by atoms with Gasteiger partial charge in [0.1, 0.15) is 0 Å². The molecule has 0 fully saturated rings. The van der Waals surface area contributed by atoms with E-state index in [2.05, 4.69) is 36.6 Å². The zero-order valence-electron chi connectivity index (χ0n) is 9.07. The number of nitrogens with zero attached hydrogens (tertiary/aromatic N) is 1. The molecule has 0 aliphatic carbocycles. The van der Waals surface area contributed by atoms with Gasteiger partial charge in [0.25, 0.3) is 0 Å². The Bertz CT molecular complexity index is 452. The number of rotatable bonds is 2. The molecule has 2 heteroatoms. The highest BCUT2D eigenvalue weighted by molar-refractivity contribution is 5.40. The van der Waals surface area contributed by atoms with Crippen LogP contribution in [0.5, 0.6) is 0 Å². The van der Waals surface area contributed by atoms with Crippen LogP contribution in [-0.2, 0) is 6.61 Å². The van der Waals surface area contributed by atoms with E-state index in [1.807, 2.05) is 18.2 Å². The van der Waals surface area contributed by atoms with E-state index < -0.39 is 0 Å². The highest BCUT2D eigenvalue weighted by Gasteiger charge is 2.03. The predicted octanol–water partition coefficient (Wildman–Crippen LogP) is 2.59. The third-order valence-corrected chi connectivity index (χ3v) is 2.62. The second-order valence-corrected chi connectivity index (χ2v) is 3.78. The molecule has 0 unspecified atom stereocenters. The molecule has 2 aromatic rings. The predicted molar refractivity (Wildman–Crippen MR) is 61.2 cm³/mol. The lowest BCUT2D eigenvalue weighted by molar-refractivity contribution is 0.282. The number of aliphatic hydroxyl groups excluding tert-OH is 1. The standard InChI is InChI=1S/C13H15NO/c1-10-6-7-11(2)14(10)13-5-3-4-12(8-13)9-15/h3-8,15H,9H2,1-2H3. The summed E-state index contributed by atoms with van der Waals surface area (Å²) in [5, 5.41) is 9.09. The van der Waals surface area contributed by atoms with Crippen LogP contribution in [0.3, 0.4) is 0 Å². The molecule has 1 heterocycles. The smallest absolute Gasteiger partial charge is 0.0682 e. The minimum Gasteiger partial charge on any atom is -0.392 e. The molecular weight excluding hydrogens is 186 g/mol. The Hall–Kier alpha value is -1.54. The molecular formula is C13H15NO. The summed E-state index contributed by atoms with van der Waals surface area (Å²) in [5.74, 6) is 0. The average Bonchev–Trinajstić information content (AvgIpc) is 2.59. The second-order valence-electron chi connectivity index (χ2n) is 3.78. The Morgan fingerprint density at radius 2 is 1.73 bits per heavy atom. The summed E-state index contributed by atoms with van der Waals surface area (Å²) in [7, 11) is 0. The third kappa shape index (κ3) is 1.81. The summed E-state index contributed by atoms with van der Waals surface area (Å²) in [6, 6.07) is 12.2. The van der Waals surface area contributed by atoms with Crippen molar-refractivity contribution in [3.63, 3.8) is 0 Å². The van der Waals surface area contributed by atoms with E-state index in [9.17, 15) is 0 Å². The monoisotopic (exact) mass is 201 g/mol. The topological polar surface area (TPSA) is 25.2 Å². The number of aromatic nitrogens is 1. The maximum absolute atomic E-state index is 9.09. The van der Waals surface area contributed by atoms with Gasteiger partial charge in [0.15, 0.2) is 0 Å². The van der Waals surface area contributed by atoms with Crippen LogP contribution in [0.2, 0.25) is 0 Å². The Labute approximate surface area is 89.8 Å². The fourth-order valence-electron chi connectivity index (χ4n) is 1.87. The fourth-order valence-corrected chi connectivity index (χ4v) is 1.87. The molecule has 15 heavy (non-hydrogen) atoms. The van der Waals surface area contributed by atoms with Crippen molar-refractivity contribution < 1.29 is 5.11 Å². The van der Waals surface area contributed by atoms with Crippen LogP contribution >= 0.6 is 0 Å². The molecule has 2 rings (SSSR count). The summed E-state index contributed by atoms with van der Waals surface area (Å²) >= 11 is 0. The van der Waals surface area contributed by atoms with E-state index in [4.69, 9.17) is 5.11 Å². The first-order chi connectivity index (χ1) is 7.22. The van der Waals surface area contributed by atoms with Crippen LogP contribution < -0.4 is 0 Å². The Morgan fingerprint density at radius 1 is 1.07 bits per heavy atom. The second kappa shape index (κ2) is 3.91. The summed E-state index contributed by atoms with van der Waals surface area (Å²) in [6.45, 7) is 4.25. The van der Waals surface area contributed by atoms with E-state index in [0.717, 1.165) is 11.3 Å². The molecule has 0 amide bonds. The molecule has 1 aromatic carbocycles. The fraction of sp³-hybridized carbons (Fsp3) is 0.231. The molecule has 0 spiro atoms. The van der Waals surface area contributed by atoms with Crippen LogP contribution in [0.4, 0.5) is 0 Å². The van der Waals surface area contributed by atoms with Crippen LogP contribution in [0.25, 0.3) is 5.69 Å². The van der Waals surface area contributed by atoms with Crippen molar-refractivity contribution in [2.75, 3.05) is 0 Å². The van der Waals surface area contributed by atoms with Crippen LogP contribution in [-0.4, -0.2) is 9.67 Å². The molecule has 1 N–H and O–H groups in total. The van der Waals surface area contributed by atoms with E-state index in [1.54, 1.807) is 0 Å². The van der Waals surface area contributed by atoms with Gasteiger partial charge in [0, 0.05) is 17.1 Å². The molecule has 0 atom stereocenters. The molecule has 0 aliphatic heterocycles. The van der Waals surface area contributed by atoms with Gasteiger partial charge in [0.05, 0.1) is 6.61 Å². The van der Waals surface area contributed by atoms with Crippen molar-refractivity contribution >= 4 is 0 Å². The van der Waals surface area contributed by atoms with Gasteiger partial charge in [-0.25, -0.2) is 0 Å². The minimum absolute atomic E-state index is 0.0905. The molecule has 0 saturated heterocycles. The Kier molecular flexibility index (Phi) is 2.60. The summed E-state index contributed by atoms with van der Waals surface area (Å²) in [4.78, 5) is 0. The van der Waals surface area contributed by atoms with E-state index in [0.29, 0.717) is 0 Å². The van der Waals surface area contributed by atoms with Gasteiger partial charge >= 0.3 is 0 Å². The first kappa shape index (κ1) is 9.99. The quantitative estimate of drug-likeness (QED) is 0.793. The highest BCUT2D eigenvalue weighted by Crippen LogP contribution is 2.17. The molecule has 0 radical (unpaired) electrons. The molecule has 2 nitrogen and oxygen atoms in total. The lowest BCUT2D eigenvalue weighted by atomic mass is 10.2. The molecule has 1 aromatic heterocycles. The largest absolute Gasteiger partial charge is 0.392 e. The number of hydrogen-bond donors (Lipinski definition) is 1. The Balaban J connectivity index is 2.53. The van der Waals surface area contributed by atoms with Gasteiger partial charge in [-0.05, 0) is 43.7 Å². The van der Waals surface area contributed by atoms with Crippen LogP contribution in [0.1, 0.15) is 17.0 Å². The summed E-state index contributed by atoms with van der Waals surface area (Å²) in [5.41, 5.74) is 4.48. The lowest BCUT2D eigenvalue weighted by Crippen LogP contribution is -1.99. The van der Waals surface area contributed by atoms with Gasteiger partial charge in [-0.2, -0.15) is 0 Å². The third-order valence-electron chi connectivity index (χ3n) is 2.62. The van der Waals surface area contributed by atoms with Gasteiger partial charge in [0.2, 0.25) is 0 Å². The van der Waals surface area contributed by atoms with Crippen molar-refractivity contribution in [2.24, 2.45) is 0 Å². The van der Waals surface area contributed by atoms with Gasteiger partial charge in [-0.15, -0.1) is 0 Å². The lowest BCUT2D eigenvalue weighted by Gasteiger charge is -2.10. The normalized spacial score (nSPS) is 10.6. The van der Waals surface area contributed by atoms with E-state index >= 15 is 0 Å². The Morgan fingerprint density at radius 3 is 2.33 bits per heavy atom. The molecule has 78 valence electrons. The van der Waals surface area contributed by atoms with Crippen molar-refractivity contribution in [3.8, 4) is 5.69 Å². The maximum Gasteiger partial charge on any atom is 0.0682 e. The van der Waals surface area contributed by atoms with Gasteiger partial charge in [-0.3, -0.25) is 0 Å². The van der Waals surface area contributed by atoms with Crippen molar-refractivity contribution in [1.29, 1.82) is 0 Å². The number of hydrogen-bond acceptors (Lipinski definition) is 1. The van der Waals surface area contributed by atoms with Gasteiger partial charge in [-0.1, -0.05) is 12.1 Å². The van der Waals surface area contributed by atoms with Crippen molar-refractivity contribution in [3.05, 3.63) is 53.3 Å². The molecule has 0 aliphatic rings. The summed E-state index contributed by atoms with van der Waals surface area (Å²) < 4.78 is 2.18. The zero-order chi connectivity index (χ0) is 10.8. The van der Waals surface area contributed by atoms with Crippen LogP contribution in [0, 0.1) is 13.8 Å². The van der Waals surface area contributed by atoms with Gasteiger partial charge < -0.3 is 9.67 Å². The number of aliphatic hydroxyl groups is 1. The maximum atomic E-state index is 9.09. The highest BCUT2D eigenvalue weighted by atomic mass is 16.3.